The highest BCUT2D eigenvalue weighted by molar-refractivity contribution is 6.10. The minimum Gasteiger partial charge on any atom is -0.334 e. The molecule has 1 heterocycles. The number of hydrogen-bond donors (Lipinski definition) is 2. The molecule has 1 unspecified atom stereocenters. The van der Waals surface area contributed by atoms with E-state index in [0.29, 0.717) is 36.6 Å². The van der Waals surface area contributed by atoms with Gasteiger partial charge in [0.1, 0.15) is 18.5 Å². The fourth-order valence-electron chi connectivity index (χ4n) is 5.45. The van der Waals surface area contributed by atoms with Gasteiger partial charge in [-0.15, -0.1) is 0 Å². The van der Waals surface area contributed by atoms with Gasteiger partial charge in [0.2, 0.25) is 11.8 Å². The molecule has 1 saturated carbocycles. The Morgan fingerprint density at radius 3 is 2.68 bits per heavy atom. The Balaban J connectivity index is 1.34. The first-order chi connectivity index (χ1) is 17.8. The van der Waals surface area contributed by atoms with Gasteiger partial charge in [-0.2, -0.15) is 5.26 Å². The molecule has 0 aromatic heterocycles. The number of amides is 5. The van der Waals surface area contributed by atoms with Crippen molar-refractivity contribution in [3.63, 3.8) is 0 Å². The zero-order valence-electron chi connectivity index (χ0n) is 20.7. The lowest BCUT2D eigenvalue weighted by Crippen LogP contribution is -2.47. The molecule has 9 nitrogen and oxygen atoms in total. The first-order valence-corrected chi connectivity index (χ1v) is 12.6. The Morgan fingerprint density at radius 2 is 1.97 bits per heavy atom. The third-order valence-corrected chi connectivity index (χ3v) is 7.64. The third-order valence-electron chi connectivity index (χ3n) is 7.64. The highest BCUT2D eigenvalue weighted by Gasteiger charge is 2.56. The molecule has 1 saturated heterocycles. The maximum absolute atomic E-state index is 13.6. The zero-order valence-corrected chi connectivity index (χ0v) is 20.7. The van der Waals surface area contributed by atoms with Crippen LogP contribution in [0.3, 0.4) is 0 Å². The number of benzene rings is 2. The van der Waals surface area contributed by atoms with E-state index in [1.54, 1.807) is 23.1 Å². The van der Waals surface area contributed by atoms with Crippen LogP contribution in [0, 0.1) is 17.2 Å². The summed E-state index contributed by atoms with van der Waals surface area (Å²) in [7, 11) is 0. The first kappa shape index (κ1) is 24.5. The second-order valence-electron chi connectivity index (χ2n) is 10.1. The van der Waals surface area contributed by atoms with Crippen molar-refractivity contribution in [1.82, 2.24) is 15.1 Å². The lowest BCUT2D eigenvalue weighted by molar-refractivity contribution is -0.141. The fourth-order valence-corrected chi connectivity index (χ4v) is 5.45. The lowest BCUT2D eigenvalue weighted by Gasteiger charge is -2.31. The summed E-state index contributed by atoms with van der Waals surface area (Å²) in [4.78, 5) is 54.8. The molecule has 5 rings (SSSR count). The number of urea groups is 1. The van der Waals surface area contributed by atoms with Crippen molar-refractivity contribution in [1.29, 1.82) is 5.26 Å². The van der Waals surface area contributed by atoms with Crippen LogP contribution in [0.25, 0.3) is 0 Å². The molecule has 2 aromatic carbocycles. The Morgan fingerprint density at radius 1 is 1.22 bits per heavy atom. The number of fused-ring (bicyclic) bond motifs is 2. The van der Waals surface area contributed by atoms with Gasteiger partial charge in [0.25, 0.3) is 5.91 Å². The Hall–Kier alpha value is -4.19. The van der Waals surface area contributed by atoms with Crippen molar-refractivity contribution >= 4 is 29.4 Å². The SMILES string of the molecule is C[C@@H](C1CC1)N(Cc1ccccc1)C(=O)CN1C(=O)NC2(CCc3cc(NC(=O)CC#N)ccc32)C1=O. The summed E-state index contributed by atoms with van der Waals surface area (Å²) < 4.78 is 0. The number of nitriles is 1. The molecule has 2 aliphatic carbocycles. The second-order valence-corrected chi connectivity index (χ2v) is 10.1. The molecule has 190 valence electrons. The van der Waals surface area contributed by atoms with E-state index in [1.165, 1.54) is 0 Å². The monoisotopic (exact) mass is 499 g/mol. The number of imide groups is 1. The standard InChI is InChI=1S/C28H29N5O4/c1-18(20-7-8-20)32(16-19-5-3-2-4-6-19)25(35)17-33-26(36)28(31-27(33)37)13-11-21-15-22(9-10-23(21)28)30-24(34)12-14-29/h2-6,9-10,15,18,20H,7-8,11-13,16-17H2,1H3,(H,30,34)(H,31,37)/t18-,28?/m0/s1. The van der Waals surface area contributed by atoms with Gasteiger partial charge in [0.15, 0.2) is 0 Å². The number of nitrogens with zero attached hydrogens (tertiary/aromatic N) is 3. The van der Waals surface area contributed by atoms with Gasteiger partial charge in [-0.1, -0.05) is 36.4 Å². The van der Waals surface area contributed by atoms with Crippen LogP contribution in [0.1, 0.15) is 49.3 Å². The van der Waals surface area contributed by atoms with Crippen LogP contribution in [-0.2, 0) is 32.9 Å². The van der Waals surface area contributed by atoms with Crippen molar-refractivity contribution in [2.45, 2.75) is 57.2 Å². The molecule has 2 N–H and O–H groups in total. The highest BCUT2D eigenvalue weighted by Crippen LogP contribution is 2.42. The van der Waals surface area contributed by atoms with Gasteiger partial charge in [0, 0.05) is 18.3 Å². The number of rotatable bonds is 8. The number of carbonyl (C=O) groups excluding carboxylic acids is 4. The molecule has 2 aromatic rings. The molecule has 1 spiro atoms. The maximum Gasteiger partial charge on any atom is 0.325 e. The van der Waals surface area contributed by atoms with Gasteiger partial charge < -0.3 is 15.5 Å². The summed E-state index contributed by atoms with van der Waals surface area (Å²) >= 11 is 0. The Kier molecular flexibility index (Phi) is 6.42. The molecular weight excluding hydrogens is 470 g/mol. The predicted octanol–water partition coefficient (Wildman–Crippen LogP) is 3.06. The van der Waals surface area contributed by atoms with E-state index in [4.69, 9.17) is 5.26 Å². The molecule has 5 amide bonds. The third kappa shape index (κ3) is 4.67. The second kappa shape index (κ2) is 9.69. The van der Waals surface area contributed by atoms with Crippen LogP contribution in [-0.4, -0.2) is 46.1 Å². The Bertz CT molecular complexity index is 1300. The number of carbonyl (C=O) groups is 4. The minimum atomic E-state index is -1.21. The van der Waals surface area contributed by atoms with Crippen molar-refractivity contribution in [3.8, 4) is 6.07 Å². The van der Waals surface area contributed by atoms with Crippen LogP contribution in [0.5, 0.6) is 0 Å². The summed E-state index contributed by atoms with van der Waals surface area (Å²) in [5, 5.41) is 14.2. The van der Waals surface area contributed by atoms with E-state index in [0.717, 1.165) is 28.9 Å². The Labute approximate surface area is 215 Å². The molecule has 0 radical (unpaired) electrons. The number of aryl methyl sites for hydroxylation is 1. The summed E-state index contributed by atoms with van der Waals surface area (Å²) in [5.41, 5.74) is 1.83. The van der Waals surface area contributed by atoms with Crippen LogP contribution >= 0.6 is 0 Å². The predicted molar refractivity (Wildman–Crippen MR) is 135 cm³/mol. The molecule has 9 heteroatoms. The van der Waals surface area contributed by atoms with Gasteiger partial charge in [0.05, 0.1) is 6.07 Å². The summed E-state index contributed by atoms with van der Waals surface area (Å²) in [6.07, 6.45) is 2.80. The molecule has 37 heavy (non-hydrogen) atoms. The maximum atomic E-state index is 13.6. The van der Waals surface area contributed by atoms with E-state index in [-0.39, 0.29) is 24.9 Å². The summed E-state index contributed by atoms with van der Waals surface area (Å²) in [6, 6.07) is 16.1. The zero-order chi connectivity index (χ0) is 26.2. The molecule has 2 fully saturated rings. The van der Waals surface area contributed by atoms with Crippen LogP contribution in [0.4, 0.5) is 10.5 Å². The lowest BCUT2D eigenvalue weighted by atomic mass is 9.91. The van der Waals surface area contributed by atoms with Crippen LogP contribution in [0.2, 0.25) is 0 Å². The number of nitrogens with one attached hydrogen (secondary N) is 2. The first-order valence-electron chi connectivity index (χ1n) is 12.6. The molecule has 3 aliphatic rings. The van der Waals surface area contributed by atoms with E-state index < -0.39 is 23.4 Å². The topological polar surface area (TPSA) is 123 Å². The smallest absolute Gasteiger partial charge is 0.325 e. The quantitative estimate of drug-likeness (QED) is 0.541. The minimum absolute atomic E-state index is 0.0179. The van der Waals surface area contributed by atoms with E-state index >= 15 is 0 Å². The van der Waals surface area contributed by atoms with Crippen molar-refractivity contribution in [2.75, 3.05) is 11.9 Å². The van der Waals surface area contributed by atoms with Crippen molar-refractivity contribution in [3.05, 3.63) is 65.2 Å². The van der Waals surface area contributed by atoms with Crippen molar-refractivity contribution < 1.29 is 19.2 Å². The number of anilines is 1. The van der Waals surface area contributed by atoms with E-state index in [2.05, 4.69) is 10.6 Å². The average Bonchev–Trinajstić information content (AvgIpc) is 3.64. The molecular formula is C28H29N5O4. The van der Waals surface area contributed by atoms with Gasteiger partial charge in [-0.3, -0.25) is 19.3 Å². The highest BCUT2D eigenvalue weighted by atomic mass is 16.2. The van der Waals surface area contributed by atoms with E-state index in [1.807, 2.05) is 43.3 Å². The average molecular weight is 500 g/mol. The molecule has 2 atom stereocenters. The van der Waals surface area contributed by atoms with Gasteiger partial charge in [-0.25, -0.2) is 4.79 Å². The van der Waals surface area contributed by atoms with Gasteiger partial charge >= 0.3 is 6.03 Å². The van der Waals surface area contributed by atoms with Gasteiger partial charge in [-0.05, 0) is 67.3 Å². The normalized spacial score (nSPS) is 20.8. The molecule has 0 bridgehead atoms. The number of hydrogen-bond acceptors (Lipinski definition) is 5. The summed E-state index contributed by atoms with van der Waals surface area (Å²) in [6.45, 7) is 2.15. The molecule has 1 aliphatic heterocycles. The van der Waals surface area contributed by atoms with Crippen LogP contribution < -0.4 is 10.6 Å². The van der Waals surface area contributed by atoms with E-state index in [9.17, 15) is 19.2 Å². The van der Waals surface area contributed by atoms with Crippen molar-refractivity contribution in [2.24, 2.45) is 5.92 Å². The van der Waals surface area contributed by atoms with Crippen LogP contribution in [0.15, 0.2) is 48.5 Å². The fraction of sp³-hybridized carbons (Fsp3) is 0.393. The summed E-state index contributed by atoms with van der Waals surface area (Å²) in [5.74, 6) is -0.653. The largest absolute Gasteiger partial charge is 0.334 e.